The summed E-state index contributed by atoms with van der Waals surface area (Å²) in [7, 11) is 0. The maximum Gasteiger partial charge on any atom is 0.254 e. The Kier molecular flexibility index (Phi) is 2.62. The van der Waals surface area contributed by atoms with Crippen molar-refractivity contribution in [3.8, 4) is 0 Å². The molecule has 2 aromatic rings. The first-order chi connectivity index (χ1) is 8.77. The topological polar surface area (TPSA) is 75.6 Å². The van der Waals surface area contributed by atoms with Gasteiger partial charge in [0.15, 0.2) is 0 Å². The van der Waals surface area contributed by atoms with Crippen molar-refractivity contribution in [3.05, 3.63) is 36.7 Å². The van der Waals surface area contributed by atoms with Gasteiger partial charge >= 0.3 is 0 Å². The summed E-state index contributed by atoms with van der Waals surface area (Å²) in [5.74, 6) is -0.0688. The summed E-state index contributed by atoms with van der Waals surface area (Å²) in [5, 5.41) is 9.37. The van der Waals surface area contributed by atoms with Crippen LogP contribution in [-0.2, 0) is 6.54 Å². The minimum Gasteiger partial charge on any atom is -0.351 e. The van der Waals surface area contributed by atoms with E-state index < -0.39 is 0 Å². The van der Waals surface area contributed by atoms with Crippen LogP contribution in [0.3, 0.4) is 0 Å². The zero-order chi connectivity index (χ0) is 12.4. The van der Waals surface area contributed by atoms with E-state index in [1.165, 1.54) is 6.20 Å². The van der Waals surface area contributed by atoms with Crippen LogP contribution < -0.4 is 5.32 Å². The molecule has 0 aliphatic heterocycles. The van der Waals surface area contributed by atoms with Gasteiger partial charge in [-0.1, -0.05) is 0 Å². The molecule has 1 fully saturated rings. The maximum atomic E-state index is 11.8. The number of aromatic nitrogens is 4. The molecule has 1 saturated carbocycles. The lowest BCUT2D eigenvalue weighted by Gasteiger charge is -2.16. The molecule has 0 saturated heterocycles. The molecule has 1 aliphatic carbocycles. The molecule has 2 N–H and O–H groups in total. The van der Waals surface area contributed by atoms with Gasteiger partial charge in [0.05, 0.1) is 18.1 Å². The number of nitrogens with zero attached hydrogens (tertiary/aromatic N) is 3. The Morgan fingerprint density at radius 1 is 1.56 bits per heavy atom. The largest absolute Gasteiger partial charge is 0.351 e. The van der Waals surface area contributed by atoms with Gasteiger partial charge in [0, 0.05) is 37.1 Å². The van der Waals surface area contributed by atoms with E-state index in [-0.39, 0.29) is 11.3 Å². The number of H-pyrrole nitrogens is 1. The summed E-state index contributed by atoms with van der Waals surface area (Å²) in [6.45, 7) is 1.62. The fourth-order valence-electron chi connectivity index (χ4n) is 2.08. The van der Waals surface area contributed by atoms with Crippen LogP contribution in [0.1, 0.15) is 23.2 Å². The van der Waals surface area contributed by atoms with Crippen LogP contribution >= 0.6 is 0 Å². The number of hydrogen-bond acceptors (Lipinski definition) is 3. The fourth-order valence-corrected chi connectivity index (χ4v) is 2.08. The van der Waals surface area contributed by atoms with E-state index in [9.17, 15) is 4.79 Å². The third-order valence-corrected chi connectivity index (χ3v) is 3.42. The first-order valence-corrected chi connectivity index (χ1v) is 6.00. The summed E-state index contributed by atoms with van der Waals surface area (Å²) in [5.41, 5.74) is 0.786. The summed E-state index contributed by atoms with van der Waals surface area (Å²) < 4.78 is 2.07. The van der Waals surface area contributed by atoms with Crippen LogP contribution in [0.25, 0.3) is 0 Å². The third kappa shape index (κ3) is 2.27. The van der Waals surface area contributed by atoms with Crippen molar-refractivity contribution in [1.29, 1.82) is 0 Å². The van der Waals surface area contributed by atoms with Gasteiger partial charge in [-0.15, -0.1) is 0 Å². The molecule has 2 aromatic heterocycles. The number of aromatic amines is 1. The highest BCUT2D eigenvalue weighted by Crippen LogP contribution is 2.46. The summed E-state index contributed by atoms with van der Waals surface area (Å²) >= 11 is 0. The molecule has 18 heavy (non-hydrogen) atoms. The summed E-state index contributed by atoms with van der Waals surface area (Å²) in [4.78, 5) is 15.8. The van der Waals surface area contributed by atoms with Gasteiger partial charge in [-0.25, -0.2) is 4.98 Å². The molecule has 1 aliphatic rings. The molecule has 6 nitrogen and oxygen atoms in total. The number of carbonyl (C=O) groups excluding carboxylic acids is 1. The van der Waals surface area contributed by atoms with E-state index in [1.54, 1.807) is 12.4 Å². The molecule has 2 heterocycles. The van der Waals surface area contributed by atoms with E-state index in [1.807, 2.05) is 12.5 Å². The van der Waals surface area contributed by atoms with E-state index in [4.69, 9.17) is 0 Å². The Bertz CT molecular complexity index is 513. The predicted octanol–water partition coefficient (Wildman–Crippen LogP) is 0.816. The molecule has 0 bridgehead atoms. The minimum absolute atomic E-state index is 0.0688. The lowest BCUT2D eigenvalue weighted by Crippen LogP contribution is -2.32. The van der Waals surface area contributed by atoms with Crippen LogP contribution in [0, 0.1) is 5.41 Å². The number of hydrogen-bond donors (Lipinski definition) is 2. The Labute approximate surface area is 104 Å². The van der Waals surface area contributed by atoms with Gasteiger partial charge in [0.2, 0.25) is 0 Å². The standard InChI is InChI=1S/C12H15N5O/c18-11(10-5-15-16-6-10)14-7-12(1-2-12)8-17-4-3-13-9-17/h3-6,9H,1-2,7-8H2,(H,14,18)(H,15,16). The van der Waals surface area contributed by atoms with Crippen LogP contribution in [0.2, 0.25) is 0 Å². The van der Waals surface area contributed by atoms with Crippen LogP contribution in [0.15, 0.2) is 31.1 Å². The number of nitrogens with one attached hydrogen (secondary N) is 2. The first-order valence-electron chi connectivity index (χ1n) is 6.00. The Morgan fingerprint density at radius 2 is 2.44 bits per heavy atom. The fraction of sp³-hybridized carbons (Fsp3) is 0.417. The second-order valence-electron chi connectivity index (χ2n) is 4.90. The third-order valence-electron chi connectivity index (χ3n) is 3.42. The van der Waals surface area contributed by atoms with Crippen LogP contribution in [-0.4, -0.2) is 32.2 Å². The van der Waals surface area contributed by atoms with Crippen molar-refractivity contribution in [2.45, 2.75) is 19.4 Å². The normalized spacial score (nSPS) is 16.4. The first kappa shape index (κ1) is 11.0. The Hall–Kier alpha value is -2.11. The lowest BCUT2D eigenvalue weighted by molar-refractivity contribution is 0.0943. The zero-order valence-electron chi connectivity index (χ0n) is 9.97. The van der Waals surface area contributed by atoms with Crippen molar-refractivity contribution in [3.63, 3.8) is 0 Å². The van der Waals surface area contributed by atoms with Gasteiger partial charge in [0.25, 0.3) is 5.91 Å². The van der Waals surface area contributed by atoms with E-state index in [2.05, 4.69) is 25.1 Å². The minimum atomic E-state index is -0.0688. The maximum absolute atomic E-state index is 11.8. The van der Waals surface area contributed by atoms with Crippen molar-refractivity contribution >= 4 is 5.91 Å². The predicted molar refractivity (Wildman–Crippen MR) is 64.8 cm³/mol. The average molecular weight is 245 g/mol. The van der Waals surface area contributed by atoms with Crippen LogP contribution in [0.4, 0.5) is 0 Å². The SMILES string of the molecule is O=C(NCC1(Cn2ccnc2)CC1)c1cn[nH]c1. The van der Waals surface area contributed by atoms with E-state index in [0.717, 1.165) is 19.4 Å². The Morgan fingerprint density at radius 3 is 3.06 bits per heavy atom. The molecule has 3 rings (SSSR count). The van der Waals surface area contributed by atoms with Gasteiger partial charge < -0.3 is 9.88 Å². The Balaban J connectivity index is 1.55. The number of carbonyl (C=O) groups is 1. The number of rotatable bonds is 5. The molecule has 0 aromatic carbocycles. The number of imidazole rings is 1. The molecule has 0 radical (unpaired) electrons. The monoisotopic (exact) mass is 245 g/mol. The summed E-state index contributed by atoms with van der Waals surface area (Å²) in [6.07, 6.45) is 11.0. The highest BCUT2D eigenvalue weighted by molar-refractivity contribution is 5.93. The van der Waals surface area contributed by atoms with Crippen LogP contribution in [0.5, 0.6) is 0 Å². The number of amides is 1. The second kappa shape index (κ2) is 4.29. The molecule has 1 amide bonds. The lowest BCUT2D eigenvalue weighted by atomic mass is 10.1. The van der Waals surface area contributed by atoms with E-state index in [0.29, 0.717) is 12.1 Å². The van der Waals surface area contributed by atoms with Gasteiger partial charge in [-0.2, -0.15) is 5.10 Å². The molecular weight excluding hydrogens is 230 g/mol. The highest BCUT2D eigenvalue weighted by Gasteiger charge is 2.43. The second-order valence-corrected chi connectivity index (χ2v) is 4.90. The average Bonchev–Trinajstić information content (AvgIpc) is 2.84. The highest BCUT2D eigenvalue weighted by atomic mass is 16.1. The molecule has 94 valence electrons. The molecular formula is C12H15N5O. The van der Waals surface area contributed by atoms with Crippen molar-refractivity contribution in [2.75, 3.05) is 6.54 Å². The van der Waals surface area contributed by atoms with Crippen molar-refractivity contribution in [1.82, 2.24) is 25.1 Å². The molecule has 0 atom stereocenters. The smallest absolute Gasteiger partial charge is 0.254 e. The van der Waals surface area contributed by atoms with Gasteiger partial charge in [-0.3, -0.25) is 9.89 Å². The molecule has 0 spiro atoms. The molecule has 0 unspecified atom stereocenters. The van der Waals surface area contributed by atoms with Crippen molar-refractivity contribution < 1.29 is 4.79 Å². The van der Waals surface area contributed by atoms with Crippen molar-refractivity contribution in [2.24, 2.45) is 5.41 Å². The quantitative estimate of drug-likeness (QED) is 0.818. The zero-order valence-corrected chi connectivity index (χ0v) is 9.97. The molecule has 6 heteroatoms. The van der Waals surface area contributed by atoms with Gasteiger partial charge in [-0.05, 0) is 12.8 Å². The summed E-state index contributed by atoms with van der Waals surface area (Å²) in [6, 6.07) is 0. The van der Waals surface area contributed by atoms with Gasteiger partial charge in [0.1, 0.15) is 0 Å². The van der Waals surface area contributed by atoms with E-state index >= 15 is 0 Å².